The first-order chi connectivity index (χ1) is 13.7. The summed E-state index contributed by atoms with van der Waals surface area (Å²) in [7, 11) is 3.27. The molecule has 0 N–H and O–H groups in total. The summed E-state index contributed by atoms with van der Waals surface area (Å²) in [5, 5.41) is 0. The number of benzene rings is 1. The molecular formula is C22H30N2O4. The quantitative estimate of drug-likeness (QED) is 0.648. The van der Waals surface area contributed by atoms with Gasteiger partial charge in [0.05, 0.1) is 26.0 Å². The highest BCUT2D eigenvalue weighted by Gasteiger charge is 2.28. The molecule has 1 aliphatic heterocycles. The molecule has 0 bridgehead atoms. The van der Waals surface area contributed by atoms with Crippen molar-refractivity contribution >= 4 is 0 Å². The summed E-state index contributed by atoms with van der Waals surface area (Å²) < 4.78 is 22.6. The topological polar surface area (TPSA) is 57.0 Å². The minimum Gasteiger partial charge on any atom is -0.493 e. The molecule has 1 atom stereocenters. The van der Waals surface area contributed by atoms with E-state index in [-0.39, 0.29) is 0 Å². The summed E-state index contributed by atoms with van der Waals surface area (Å²) >= 11 is 0. The predicted molar refractivity (Wildman–Crippen MR) is 107 cm³/mol. The van der Waals surface area contributed by atoms with Crippen LogP contribution in [0, 0.1) is 12.8 Å². The third-order valence-electron chi connectivity index (χ3n) is 5.60. The fraction of sp³-hybridized carbons (Fsp3) is 0.591. The summed E-state index contributed by atoms with van der Waals surface area (Å²) in [6.07, 6.45) is 5.38. The molecule has 1 saturated heterocycles. The second-order valence-electron chi connectivity index (χ2n) is 7.86. The lowest BCUT2D eigenvalue weighted by molar-refractivity contribution is 0.0684. The minimum absolute atomic E-state index is 0.358. The normalized spacial score (nSPS) is 19.4. The molecule has 2 aromatic rings. The first kappa shape index (κ1) is 19.3. The number of ether oxygens (including phenoxy) is 3. The monoisotopic (exact) mass is 386 g/mol. The van der Waals surface area contributed by atoms with Crippen molar-refractivity contribution in [3.05, 3.63) is 29.7 Å². The van der Waals surface area contributed by atoms with Crippen LogP contribution in [-0.4, -0.2) is 49.9 Å². The van der Waals surface area contributed by atoms with Gasteiger partial charge in [0, 0.05) is 31.8 Å². The average Bonchev–Trinajstić information content (AvgIpc) is 3.22. The smallest absolute Gasteiger partial charge is 0.226 e. The zero-order valence-corrected chi connectivity index (χ0v) is 17.1. The second kappa shape index (κ2) is 8.53. The van der Waals surface area contributed by atoms with Crippen LogP contribution in [0.25, 0.3) is 11.5 Å². The summed E-state index contributed by atoms with van der Waals surface area (Å²) in [6, 6.07) is 5.73. The van der Waals surface area contributed by atoms with E-state index in [1.54, 1.807) is 14.2 Å². The molecule has 2 aliphatic rings. The highest BCUT2D eigenvalue weighted by atomic mass is 16.5. The lowest BCUT2D eigenvalue weighted by Gasteiger charge is -2.24. The van der Waals surface area contributed by atoms with E-state index < -0.39 is 0 Å². The SMILES string of the molecule is COc1ccc(-c2nc(CN(CC3CC3)C[C@H]3CCCO3)c(C)o2)cc1OC. The Hall–Kier alpha value is -2.05. The molecule has 152 valence electrons. The molecule has 0 radical (unpaired) electrons. The number of rotatable bonds is 9. The molecule has 6 nitrogen and oxygen atoms in total. The van der Waals surface area contributed by atoms with Crippen LogP contribution < -0.4 is 9.47 Å². The van der Waals surface area contributed by atoms with Gasteiger partial charge >= 0.3 is 0 Å². The molecular weight excluding hydrogens is 356 g/mol. The summed E-state index contributed by atoms with van der Waals surface area (Å²) in [5.41, 5.74) is 1.89. The fourth-order valence-electron chi connectivity index (χ4n) is 3.82. The third-order valence-corrected chi connectivity index (χ3v) is 5.60. The Morgan fingerprint density at radius 2 is 1.93 bits per heavy atom. The predicted octanol–water partition coefficient (Wildman–Crippen LogP) is 4.06. The number of aromatic nitrogens is 1. The van der Waals surface area contributed by atoms with Crippen LogP contribution in [0.5, 0.6) is 11.5 Å². The van der Waals surface area contributed by atoms with E-state index in [1.807, 2.05) is 25.1 Å². The number of hydrogen-bond donors (Lipinski definition) is 0. The van der Waals surface area contributed by atoms with Gasteiger partial charge in [-0.05, 0) is 56.7 Å². The van der Waals surface area contributed by atoms with E-state index in [2.05, 4.69) is 4.90 Å². The molecule has 4 rings (SSSR count). The van der Waals surface area contributed by atoms with E-state index in [1.165, 1.54) is 19.3 Å². The maximum Gasteiger partial charge on any atom is 0.226 e. The number of nitrogens with zero attached hydrogens (tertiary/aromatic N) is 2. The van der Waals surface area contributed by atoms with Crippen molar-refractivity contribution in [3.8, 4) is 23.0 Å². The summed E-state index contributed by atoms with van der Waals surface area (Å²) in [4.78, 5) is 7.30. The van der Waals surface area contributed by atoms with Gasteiger partial charge in [-0.15, -0.1) is 0 Å². The van der Waals surface area contributed by atoms with E-state index >= 15 is 0 Å². The van der Waals surface area contributed by atoms with Crippen molar-refractivity contribution in [1.29, 1.82) is 0 Å². The molecule has 2 heterocycles. The van der Waals surface area contributed by atoms with Gasteiger partial charge in [0.2, 0.25) is 5.89 Å². The molecule has 6 heteroatoms. The minimum atomic E-state index is 0.358. The Balaban J connectivity index is 1.50. The van der Waals surface area contributed by atoms with Crippen molar-refractivity contribution in [2.24, 2.45) is 5.92 Å². The van der Waals surface area contributed by atoms with E-state index in [0.29, 0.717) is 23.5 Å². The Kier molecular flexibility index (Phi) is 5.87. The Morgan fingerprint density at radius 1 is 1.11 bits per heavy atom. The van der Waals surface area contributed by atoms with Gasteiger partial charge in [-0.1, -0.05) is 0 Å². The van der Waals surface area contributed by atoms with Gasteiger partial charge < -0.3 is 18.6 Å². The summed E-state index contributed by atoms with van der Waals surface area (Å²) in [5.74, 6) is 3.70. The molecule has 1 aliphatic carbocycles. The third kappa shape index (κ3) is 4.50. The zero-order chi connectivity index (χ0) is 19.5. The maximum absolute atomic E-state index is 6.00. The first-order valence-corrected chi connectivity index (χ1v) is 10.2. The molecule has 2 fully saturated rings. The van der Waals surface area contributed by atoms with Crippen LogP contribution in [0.15, 0.2) is 22.6 Å². The first-order valence-electron chi connectivity index (χ1n) is 10.2. The van der Waals surface area contributed by atoms with Crippen LogP contribution in [-0.2, 0) is 11.3 Å². The van der Waals surface area contributed by atoms with Crippen LogP contribution in [0.3, 0.4) is 0 Å². The number of methoxy groups -OCH3 is 2. The zero-order valence-electron chi connectivity index (χ0n) is 17.1. The largest absolute Gasteiger partial charge is 0.493 e. The average molecular weight is 386 g/mol. The Bertz CT molecular complexity index is 794. The van der Waals surface area contributed by atoms with Gasteiger partial charge in [0.15, 0.2) is 11.5 Å². The van der Waals surface area contributed by atoms with E-state index in [4.69, 9.17) is 23.6 Å². The molecule has 0 spiro atoms. The molecule has 1 aromatic carbocycles. The van der Waals surface area contributed by atoms with Crippen molar-refractivity contribution in [2.45, 2.75) is 45.3 Å². The molecule has 0 amide bonds. The Labute approximate surface area is 166 Å². The van der Waals surface area contributed by atoms with Crippen molar-refractivity contribution in [3.63, 3.8) is 0 Å². The number of aryl methyl sites for hydroxylation is 1. The highest BCUT2D eigenvalue weighted by Crippen LogP contribution is 2.34. The van der Waals surface area contributed by atoms with Gasteiger partial charge in [-0.25, -0.2) is 4.98 Å². The molecule has 0 unspecified atom stereocenters. The molecule has 28 heavy (non-hydrogen) atoms. The Morgan fingerprint density at radius 3 is 2.61 bits per heavy atom. The van der Waals surface area contributed by atoms with Crippen LogP contribution >= 0.6 is 0 Å². The van der Waals surface area contributed by atoms with Crippen LogP contribution in [0.4, 0.5) is 0 Å². The highest BCUT2D eigenvalue weighted by molar-refractivity contribution is 5.60. The molecule has 1 aromatic heterocycles. The van der Waals surface area contributed by atoms with Crippen molar-refractivity contribution in [1.82, 2.24) is 9.88 Å². The van der Waals surface area contributed by atoms with Gasteiger partial charge in [-0.2, -0.15) is 0 Å². The van der Waals surface area contributed by atoms with Gasteiger partial charge in [0.1, 0.15) is 5.76 Å². The lowest BCUT2D eigenvalue weighted by atomic mass is 10.2. The van der Waals surface area contributed by atoms with Crippen LogP contribution in [0.2, 0.25) is 0 Å². The maximum atomic E-state index is 6.00. The van der Waals surface area contributed by atoms with Crippen molar-refractivity contribution < 1.29 is 18.6 Å². The fourth-order valence-corrected chi connectivity index (χ4v) is 3.82. The summed E-state index contributed by atoms with van der Waals surface area (Å²) in [6.45, 7) is 5.80. The van der Waals surface area contributed by atoms with Crippen molar-refractivity contribution in [2.75, 3.05) is 33.9 Å². The number of hydrogen-bond acceptors (Lipinski definition) is 6. The standard InChI is InChI=1S/C22H30N2O4/c1-15-19(14-24(12-16-6-7-16)13-18-5-4-10-27-18)23-22(28-15)17-8-9-20(25-2)21(11-17)26-3/h8-9,11,16,18H,4-7,10,12-14H2,1-3H3/t18-/m1/s1. The second-order valence-corrected chi connectivity index (χ2v) is 7.86. The lowest BCUT2D eigenvalue weighted by Crippen LogP contribution is -2.33. The van der Waals surface area contributed by atoms with Gasteiger partial charge in [-0.3, -0.25) is 4.90 Å². The van der Waals surface area contributed by atoms with Gasteiger partial charge in [0.25, 0.3) is 0 Å². The van der Waals surface area contributed by atoms with E-state index in [0.717, 1.165) is 55.6 Å². The molecule has 1 saturated carbocycles. The van der Waals surface area contributed by atoms with E-state index in [9.17, 15) is 0 Å². The van der Waals surface area contributed by atoms with Crippen LogP contribution in [0.1, 0.15) is 37.1 Å². The number of oxazole rings is 1.